The van der Waals surface area contributed by atoms with Gasteiger partial charge in [0, 0.05) is 6.42 Å². The Balaban J connectivity index is 2.29. The summed E-state index contributed by atoms with van der Waals surface area (Å²) in [6.45, 7) is 2.19. The molecule has 0 aromatic carbocycles. The zero-order chi connectivity index (χ0) is 18.3. The second-order valence-corrected chi connectivity index (χ2v) is 6.06. The van der Waals surface area contributed by atoms with E-state index < -0.39 is 12.1 Å². The Morgan fingerprint density at radius 3 is 2.52 bits per heavy atom. The summed E-state index contributed by atoms with van der Waals surface area (Å²) in [5, 5.41) is 18.5. The molecule has 1 aromatic heterocycles. The van der Waals surface area contributed by atoms with Crippen molar-refractivity contribution in [2.45, 2.75) is 64.4 Å². The van der Waals surface area contributed by atoms with Gasteiger partial charge in [0.15, 0.2) is 0 Å². The highest BCUT2D eigenvalue weighted by Gasteiger charge is 1.99. The molecule has 0 saturated carbocycles. The largest absolute Gasteiger partial charge is 0.481 e. The molecule has 0 aliphatic heterocycles. The van der Waals surface area contributed by atoms with E-state index in [0.717, 1.165) is 12.2 Å². The normalized spacial score (nSPS) is 13.4. The van der Waals surface area contributed by atoms with E-state index in [9.17, 15) is 9.90 Å². The van der Waals surface area contributed by atoms with E-state index in [1.165, 1.54) is 19.3 Å². The van der Waals surface area contributed by atoms with Crippen LogP contribution in [0.5, 0.6) is 0 Å². The second kappa shape index (κ2) is 13.2. The van der Waals surface area contributed by atoms with Crippen LogP contribution in [0.25, 0.3) is 12.2 Å². The van der Waals surface area contributed by atoms with Crippen LogP contribution in [-0.2, 0) is 4.79 Å². The van der Waals surface area contributed by atoms with Gasteiger partial charge in [-0.1, -0.05) is 44.1 Å². The van der Waals surface area contributed by atoms with Crippen molar-refractivity contribution in [3.8, 4) is 0 Å². The summed E-state index contributed by atoms with van der Waals surface area (Å²) in [4.78, 5) is 10.4. The molecule has 0 aliphatic carbocycles. The van der Waals surface area contributed by atoms with E-state index in [2.05, 4.69) is 13.0 Å². The van der Waals surface area contributed by atoms with Gasteiger partial charge in [-0.15, -0.1) is 0 Å². The van der Waals surface area contributed by atoms with Crippen LogP contribution >= 0.6 is 0 Å². The molecule has 4 nitrogen and oxygen atoms in total. The predicted molar refractivity (Wildman–Crippen MR) is 102 cm³/mol. The maximum atomic E-state index is 10.4. The molecule has 4 heteroatoms. The summed E-state index contributed by atoms with van der Waals surface area (Å²) in [5.74, 6) is 0.643. The quantitative estimate of drug-likeness (QED) is 0.368. The molecule has 0 fully saturated rings. The zero-order valence-corrected chi connectivity index (χ0v) is 15.1. The summed E-state index contributed by atoms with van der Waals surface area (Å²) in [6, 6.07) is 3.70. The third kappa shape index (κ3) is 11.2. The first-order valence-corrected chi connectivity index (χ1v) is 9.11. The van der Waals surface area contributed by atoms with Gasteiger partial charge in [0.1, 0.15) is 11.5 Å². The Morgan fingerprint density at radius 2 is 1.80 bits per heavy atom. The van der Waals surface area contributed by atoms with Crippen molar-refractivity contribution in [2.75, 3.05) is 0 Å². The van der Waals surface area contributed by atoms with Gasteiger partial charge < -0.3 is 14.6 Å². The van der Waals surface area contributed by atoms with Crippen LogP contribution in [0.1, 0.15) is 69.8 Å². The molecule has 25 heavy (non-hydrogen) atoms. The van der Waals surface area contributed by atoms with Gasteiger partial charge in [0.05, 0.1) is 6.10 Å². The highest BCUT2D eigenvalue weighted by Crippen LogP contribution is 2.13. The molecule has 1 atom stereocenters. The van der Waals surface area contributed by atoms with Crippen LogP contribution in [0.3, 0.4) is 0 Å². The summed E-state index contributed by atoms with van der Waals surface area (Å²) in [7, 11) is 0. The van der Waals surface area contributed by atoms with Crippen LogP contribution in [-0.4, -0.2) is 22.3 Å². The van der Waals surface area contributed by atoms with Crippen molar-refractivity contribution < 1.29 is 19.4 Å². The number of furan rings is 1. The first-order chi connectivity index (χ1) is 12.1. The molecule has 1 rings (SSSR count). The monoisotopic (exact) mass is 346 g/mol. The van der Waals surface area contributed by atoms with Crippen LogP contribution in [0.4, 0.5) is 0 Å². The lowest BCUT2D eigenvalue weighted by molar-refractivity contribution is -0.137. The van der Waals surface area contributed by atoms with E-state index in [4.69, 9.17) is 9.52 Å². The minimum absolute atomic E-state index is 0.182. The topological polar surface area (TPSA) is 70.7 Å². The molecule has 138 valence electrons. The van der Waals surface area contributed by atoms with E-state index in [-0.39, 0.29) is 6.42 Å². The molecular weight excluding hydrogens is 316 g/mol. The van der Waals surface area contributed by atoms with Gasteiger partial charge in [-0.2, -0.15) is 0 Å². The van der Waals surface area contributed by atoms with E-state index >= 15 is 0 Å². The average molecular weight is 346 g/mol. The number of aliphatic hydroxyl groups excluding tert-OH is 1. The first kappa shape index (κ1) is 21.0. The molecule has 1 unspecified atom stereocenters. The van der Waals surface area contributed by atoms with Gasteiger partial charge in [0.25, 0.3) is 0 Å². The highest BCUT2D eigenvalue weighted by atomic mass is 16.4. The van der Waals surface area contributed by atoms with Crippen LogP contribution in [0.15, 0.2) is 40.9 Å². The SMILES string of the molecule is CCCCC/C=C/CC(O)/C=C\c1ccc(/C=C/CCCC(=O)O)o1. The van der Waals surface area contributed by atoms with Crippen LogP contribution < -0.4 is 0 Å². The Labute approximate surface area is 150 Å². The van der Waals surface area contributed by atoms with Gasteiger partial charge in [-0.25, -0.2) is 0 Å². The van der Waals surface area contributed by atoms with Gasteiger partial charge in [-0.3, -0.25) is 4.79 Å². The number of unbranched alkanes of at least 4 members (excludes halogenated alkanes) is 4. The predicted octanol–water partition coefficient (Wildman–Crippen LogP) is 5.45. The van der Waals surface area contributed by atoms with Crippen molar-refractivity contribution in [1.82, 2.24) is 0 Å². The fraction of sp³-hybridized carbons (Fsp3) is 0.476. The zero-order valence-electron chi connectivity index (χ0n) is 15.1. The molecule has 2 N–H and O–H groups in total. The molecule has 1 heterocycles. The lowest BCUT2D eigenvalue weighted by Gasteiger charge is -2.00. The van der Waals surface area contributed by atoms with Gasteiger partial charge in [0.2, 0.25) is 0 Å². The number of carbonyl (C=O) groups is 1. The lowest BCUT2D eigenvalue weighted by atomic mass is 10.1. The van der Waals surface area contributed by atoms with E-state index in [1.54, 1.807) is 12.2 Å². The minimum Gasteiger partial charge on any atom is -0.481 e. The van der Waals surface area contributed by atoms with Gasteiger partial charge >= 0.3 is 5.97 Å². The molecular formula is C21H30O4. The number of aliphatic carboxylic acids is 1. The lowest BCUT2D eigenvalue weighted by Crippen LogP contribution is -1.98. The molecule has 0 saturated heterocycles. The molecule has 0 spiro atoms. The Morgan fingerprint density at radius 1 is 1.08 bits per heavy atom. The van der Waals surface area contributed by atoms with E-state index in [0.29, 0.717) is 25.0 Å². The van der Waals surface area contributed by atoms with Crippen molar-refractivity contribution in [3.63, 3.8) is 0 Å². The van der Waals surface area contributed by atoms with Gasteiger partial charge in [-0.05, 0) is 56.4 Å². The molecule has 0 aliphatic rings. The maximum Gasteiger partial charge on any atom is 0.303 e. The number of allylic oxidation sites excluding steroid dienone is 2. The highest BCUT2D eigenvalue weighted by molar-refractivity contribution is 5.66. The number of carboxylic acid groups (broad SMARTS) is 1. The number of rotatable bonds is 13. The summed E-state index contributed by atoms with van der Waals surface area (Å²) >= 11 is 0. The number of hydrogen-bond donors (Lipinski definition) is 2. The van der Waals surface area contributed by atoms with E-state index in [1.807, 2.05) is 30.4 Å². The minimum atomic E-state index is -0.770. The maximum absolute atomic E-state index is 10.4. The Kier molecular flexibility index (Phi) is 11.1. The standard InChI is InChI=1S/C21H30O4/c1-2-3-4-5-6-8-11-18(22)14-15-20-17-16-19(25-20)12-9-7-10-13-21(23)24/h6,8-9,12,14-18,22H,2-5,7,10-11,13H2,1H3,(H,23,24)/b8-6+,12-9+,15-14-. The van der Waals surface area contributed by atoms with Crippen molar-refractivity contribution in [1.29, 1.82) is 0 Å². The van der Waals surface area contributed by atoms with Crippen molar-refractivity contribution in [2.24, 2.45) is 0 Å². The third-order valence-corrected chi connectivity index (χ3v) is 3.69. The summed E-state index contributed by atoms with van der Waals surface area (Å²) in [6.07, 6.45) is 17.8. The molecule has 0 amide bonds. The Bertz CT molecular complexity index is 566. The third-order valence-electron chi connectivity index (χ3n) is 3.69. The molecule has 0 radical (unpaired) electrons. The molecule has 0 bridgehead atoms. The first-order valence-electron chi connectivity index (χ1n) is 9.11. The second-order valence-electron chi connectivity index (χ2n) is 6.06. The number of aliphatic hydroxyl groups is 1. The fourth-order valence-corrected chi connectivity index (χ4v) is 2.27. The molecule has 1 aromatic rings. The van der Waals surface area contributed by atoms with Crippen LogP contribution in [0, 0.1) is 0 Å². The Hall–Kier alpha value is -2.07. The number of carboxylic acids is 1. The fourth-order valence-electron chi connectivity index (χ4n) is 2.27. The summed E-state index contributed by atoms with van der Waals surface area (Å²) < 4.78 is 5.61. The smallest absolute Gasteiger partial charge is 0.303 e. The van der Waals surface area contributed by atoms with Crippen molar-refractivity contribution >= 4 is 18.1 Å². The average Bonchev–Trinajstić information content (AvgIpc) is 3.03. The summed E-state index contributed by atoms with van der Waals surface area (Å²) in [5.41, 5.74) is 0. The van der Waals surface area contributed by atoms with Crippen molar-refractivity contribution in [3.05, 3.63) is 48.0 Å². The van der Waals surface area contributed by atoms with Crippen LogP contribution in [0.2, 0.25) is 0 Å². The number of hydrogen-bond acceptors (Lipinski definition) is 3.